The SMILES string of the molecule is CCC(=O)Nc1ccc(OC)c(S(=O)(=O)Nc2ccccc2Cl)c1. The molecule has 0 saturated heterocycles. The Morgan fingerprint density at radius 2 is 1.92 bits per heavy atom. The highest BCUT2D eigenvalue weighted by molar-refractivity contribution is 7.92. The molecule has 2 N–H and O–H groups in total. The Kier molecular flexibility index (Phi) is 5.69. The predicted octanol–water partition coefficient (Wildman–Crippen LogP) is 3.50. The van der Waals surface area contributed by atoms with Crippen molar-refractivity contribution in [3.63, 3.8) is 0 Å². The quantitative estimate of drug-likeness (QED) is 0.817. The zero-order valence-corrected chi connectivity index (χ0v) is 14.7. The molecule has 2 aromatic carbocycles. The molecule has 0 spiro atoms. The first-order valence-corrected chi connectivity index (χ1v) is 8.98. The lowest BCUT2D eigenvalue weighted by Gasteiger charge is -2.14. The molecule has 0 aliphatic carbocycles. The second kappa shape index (κ2) is 7.55. The molecule has 2 rings (SSSR count). The van der Waals surface area contributed by atoms with Gasteiger partial charge in [0.05, 0.1) is 17.8 Å². The average molecular weight is 369 g/mol. The molecule has 128 valence electrons. The van der Waals surface area contributed by atoms with Gasteiger partial charge in [-0.2, -0.15) is 0 Å². The smallest absolute Gasteiger partial charge is 0.265 e. The van der Waals surface area contributed by atoms with Gasteiger partial charge in [-0.1, -0.05) is 30.7 Å². The number of ether oxygens (including phenoxy) is 1. The fourth-order valence-electron chi connectivity index (χ4n) is 1.96. The number of rotatable bonds is 6. The molecule has 24 heavy (non-hydrogen) atoms. The van der Waals surface area contributed by atoms with Crippen molar-refractivity contribution in [3.05, 3.63) is 47.5 Å². The zero-order valence-electron chi connectivity index (χ0n) is 13.2. The highest BCUT2D eigenvalue weighted by Gasteiger charge is 2.21. The van der Waals surface area contributed by atoms with E-state index in [4.69, 9.17) is 16.3 Å². The van der Waals surface area contributed by atoms with Gasteiger partial charge in [0.1, 0.15) is 10.6 Å². The minimum atomic E-state index is -3.95. The highest BCUT2D eigenvalue weighted by Crippen LogP contribution is 2.30. The van der Waals surface area contributed by atoms with Crippen LogP contribution in [0.25, 0.3) is 0 Å². The van der Waals surface area contributed by atoms with E-state index in [1.54, 1.807) is 37.3 Å². The zero-order chi connectivity index (χ0) is 17.7. The molecule has 0 unspecified atom stereocenters. The molecular weight excluding hydrogens is 352 g/mol. The molecule has 0 aliphatic heterocycles. The Morgan fingerprint density at radius 3 is 2.54 bits per heavy atom. The third-order valence-electron chi connectivity index (χ3n) is 3.18. The van der Waals surface area contributed by atoms with Gasteiger partial charge < -0.3 is 10.1 Å². The standard InChI is InChI=1S/C16H17ClN2O4S/c1-3-16(20)18-11-8-9-14(23-2)15(10-11)24(21,22)19-13-7-5-4-6-12(13)17/h4-10,19H,3H2,1-2H3,(H,18,20). The number of nitrogens with one attached hydrogen (secondary N) is 2. The van der Waals surface area contributed by atoms with Gasteiger partial charge in [0.2, 0.25) is 5.91 Å². The van der Waals surface area contributed by atoms with E-state index in [2.05, 4.69) is 10.0 Å². The monoisotopic (exact) mass is 368 g/mol. The molecule has 0 aliphatic rings. The van der Waals surface area contributed by atoms with Crippen molar-refractivity contribution >= 4 is 38.9 Å². The maximum absolute atomic E-state index is 12.7. The van der Waals surface area contributed by atoms with Crippen LogP contribution in [0.15, 0.2) is 47.4 Å². The lowest BCUT2D eigenvalue weighted by atomic mass is 10.3. The van der Waals surface area contributed by atoms with Crippen molar-refractivity contribution in [1.29, 1.82) is 0 Å². The molecule has 0 aromatic heterocycles. The number of halogens is 1. The molecule has 6 nitrogen and oxygen atoms in total. The third-order valence-corrected chi connectivity index (χ3v) is 4.89. The van der Waals surface area contributed by atoms with E-state index in [0.717, 1.165) is 0 Å². The van der Waals surface area contributed by atoms with Crippen molar-refractivity contribution in [2.45, 2.75) is 18.2 Å². The first-order chi connectivity index (χ1) is 11.4. The average Bonchev–Trinajstić information content (AvgIpc) is 2.56. The van der Waals surface area contributed by atoms with Gasteiger partial charge in [-0.25, -0.2) is 8.42 Å². The number of carbonyl (C=O) groups excluding carboxylic acids is 1. The maximum Gasteiger partial charge on any atom is 0.265 e. The minimum absolute atomic E-state index is 0.0983. The third kappa shape index (κ3) is 4.18. The second-order valence-corrected chi connectivity index (χ2v) is 6.91. The molecule has 0 fully saturated rings. The summed E-state index contributed by atoms with van der Waals surface area (Å²) in [5.74, 6) is -0.0633. The molecule has 8 heteroatoms. The summed E-state index contributed by atoms with van der Waals surface area (Å²) in [6.45, 7) is 1.70. The second-order valence-electron chi connectivity index (χ2n) is 4.85. The van der Waals surface area contributed by atoms with Crippen LogP contribution in [-0.4, -0.2) is 21.4 Å². The van der Waals surface area contributed by atoms with Crippen LogP contribution in [0.4, 0.5) is 11.4 Å². The number of carbonyl (C=O) groups is 1. The number of hydrogen-bond donors (Lipinski definition) is 2. The maximum atomic E-state index is 12.7. The van der Waals surface area contributed by atoms with Gasteiger partial charge in [-0.05, 0) is 30.3 Å². The lowest BCUT2D eigenvalue weighted by Crippen LogP contribution is -2.16. The number of sulfonamides is 1. The van der Waals surface area contributed by atoms with E-state index >= 15 is 0 Å². The topological polar surface area (TPSA) is 84.5 Å². The van der Waals surface area contributed by atoms with Crippen molar-refractivity contribution in [2.75, 3.05) is 17.1 Å². The number of para-hydroxylation sites is 1. The van der Waals surface area contributed by atoms with Crippen LogP contribution in [-0.2, 0) is 14.8 Å². The summed E-state index contributed by atoms with van der Waals surface area (Å²) in [5.41, 5.74) is 0.617. The van der Waals surface area contributed by atoms with E-state index < -0.39 is 10.0 Å². The lowest BCUT2D eigenvalue weighted by molar-refractivity contribution is -0.115. The van der Waals surface area contributed by atoms with Crippen LogP contribution in [0.5, 0.6) is 5.75 Å². The van der Waals surface area contributed by atoms with Gasteiger partial charge in [0.15, 0.2) is 0 Å². The summed E-state index contributed by atoms with van der Waals surface area (Å²) in [4.78, 5) is 11.4. The molecule has 0 bridgehead atoms. The number of methoxy groups -OCH3 is 1. The van der Waals surface area contributed by atoms with Crippen LogP contribution in [0.1, 0.15) is 13.3 Å². The van der Waals surface area contributed by atoms with E-state index in [0.29, 0.717) is 5.69 Å². The summed E-state index contributed by atoms with van der Waals surface area (Å²) in [6.07, 6.45) is 0.284. The fraction of sp³-hybridized carbons (Fsp3) is 0.188. The number of benzene rings is 2. The van der Waals surface area contributed by atoms with E-state index in [1.165, 1.54) is 19.2 Å². The Balaban J connectivity index is 2.42. The van der Waals surface area contributed by atoms with E-state index in [-0.39, 0.29) is 33.7 Å². The highest BCUT2D eigenvalue weighted by atomic mass is 35.5. The summed E-state index contributed by atoms with van der Waals surface area (Å²) in [5, 5.41) is 2.89. The summed E-state index contributed by atoms with van der Waals surface area (Å²) >= 11 is 6.00. The number of hydrogen-bond acceptors (Lipinski definition) is 4. The van der Waals surface area contributed by atoms with Crippen LogP contribution < -0.4 is 14.8 Å². The molecule has 1 amide bonds. The first-order valence-electron chi connectivity index (χ1n) is 7.12. The van der Waals surface area contributed by atoms with Crippen molar-refractivity contribution in [1.82, 2.24) is 0 Å². The molecule has 0 radical (unpaired) electrons. The van der Waals surface area contributed by atoms with Crippen LogP contribution in [0.2, 0.25) is 5.02 Å². The molecule has 0 saturated carbocycles. The van der Waals surface area contributed by atoms with Gasteiger partial charge in [0, 0.05) is 12.1 Å². The molecular formula is C16H17ClN2O4S. The Morgan fingerprint density at radius 1 is 1.21 bits per heavy atom. The van der Waals surface area contributed by atoms with Gasteiger partial charge in [0.25, 0.3) is 10.0 Å². The summed E-state index contributed by atoms with van der Waals surface area (Å²) in [7, 11) is -2.59. The predicted molar refractivity (Wildman–Crippen MR) is 94.2 cm³/mol. The summed E-state index contributed by atoms with van der Waals surface area (Å²) in [6, 6.07) is 10.9. The fourth-order valence-corrected chi connectivity index (χ4v) is 3.47. The number of amides is 1. The van der Waals surface area contributed by atoms with Crippen LogP contribution in [0.3, 0.4) is 0 Å². The largest absolute Gasteiger partial charge is 0.495 e. The normalized spacial score (nSPS) is 11.0. The van der Waals surface area contributed by atoms with Crippen molar-refractivity contribution < 1.29 is 17.9 Å². The van der Waals surface area contributed by atoms with Crippen LogP contribution in [0, 0.1) is 0 Å². The molecule has 2 aromatic rings. The Bertz CT molecular complexity index is 853. The Hall–Kier alpha value is -2.25. The van der Waals surface area contributed by atoms with Crippen molar-refractivity contribution in [2.24, 2.45) is 0 Å². The molecule has 0 atom stereocenters. The summed E-state index contributed by atoms with van der Waals surface area (Å²) < 4.78 is 32.9. The van der Waals surface area contributed by atoms with Gasteiger partial charge in [-0.15, -0.1) is 0 Å². The molecule has 0 heterocycles. The van der Waals surface area contributed by atoms with Crippen molar-refractivity contribution in [3.8, 4) is 5.75 Å². The van der Waals surface area contributed by atoms with E-state index in [9.17, 15) is 13.2 Å². The van der Waals surface area contributed by atoms with Crippen LogP contribution >= 0.6 is 11.6 Å². The first kappa shape index (κ1) is 18.1. The van der Waals surface area contributed by atoms with E-state index in [1.807, 2.05) is 0 Å². The number of anilines is 2. The Labute approximate surface area is 145 Å². The minimum Gasteiger partial charge on any atom is -0.495 e. The van der Waals surface area contributed by atoms with Gasteiger partial charge in [-0.3, -0.25) is 9.52 Å². The van der Waals surface area contributed by atoms with Gasteiger partial charge >= 0.3 is 0 Å².